The standard InChI is InChI=1S/C13H20N2O3/c1-3-18-12-6-4-5-11(9-12)10-15-13(16)14-7-8-17-2/h4-6,9H,3,7-8,10H2,1-2H3,(H2,14,15,16). The maximum Gasteiger partial charge on any atom is 0.315 e. The Bertz CT molecular complexity index is 369. The van der Waals surface area contributed by atoms with Gasteiger partial charge in [0.2, 0.25) is 0 Å². The average Bonchev–Trinajstić information content (AvgIpc) is 2.38. The number of hydrogen-bond acceptors (Lipinski definition) is 3. The lowest BCUT2D eigenvalue weighted by Crippen LogP contribution is -2.36. The summed E-state index contributed by atoms with van der Waals surface area (Å²) in [7, 11) is 1.60. The van der Waals surface area contributed by atoms with Gasteiger partial charge in [-0.05, 0) is 24.6 Å². The predicted octanol–water partition coefficient (Wildman–Crippen LogP) is 1.53. The molecule has 0 aliphatic heterocycles. The molecule has 1 aromatic carbocycles. The monoisotopic (exact) mass is 252 g/mol. The van der Waals surface area contributed by atoms with Crippen LogP contribution in [0.3, 0.4) is 0 Å². The van der Waals surface area contributed by atoms with Crippen molar-refractivity contribution < 1.29 is 14.3 Å². The Morgan fingerprint density at radius 1 is 1.33 bits per heavy atom. The van der Waals surface area contributed by atoms with Gasteiger partial charge in [-0.15, -0.1) is 0 Å². The minimum absolute atomic E-state index is 0.200. The molecule has 1 aromatic rings. The predicted molar refractivity (Wildman–Crippen MR) is 69.7 cm³/mol. The Morgan fingerprint density at radius 2 is 2.17 bits per heavy atom. The van der Waals surface area contributed by atoms with Gasteiger partial charge < -0.3 is 20.1 Å². The molecular formula is C13H20N2O3. The summed E-state index contributed by atoms with van der Waals surface area (Å²) in [4.78, 5) is 11.4. The van der Waals surface area contributed by atoms with Gasteiger partial charge in [-0.25, -0.2) is 4.79 Å². The summed E-state index contributed by atoms with van der Waals surface area (Å²) in [6.45, 7) is 4.05. The summed E-state index contributed by atoms with van der Waals surface area (Å²) in [6, 6.07) is 7.46. The summed E-state index contributed by atoms with van der Waals surface area (Å²) in [5.74, 6) is 0.816. The number of carbonyl (C=O) groups is 1. The third-order valence-electron chi connectivity index (χ3n) is 2.25. The second-order valence-electron chi connectivity index (χ2n) is 3.68. The van der Waals surface area contributed by atoms with Crippen LogP contribution in [-0.4, -0.2) is 32.9 Å². The second kappa shape index (κ2) is 8.36. The fraction of sp³-hybridized carbons (Fsp3) is 0.462. The first kappa shape index (κ1) is 14.3. The van der Waals surface area contributed by atoms with Crippen LogP contribution in [0.15, 0.2) is 24.3 Å². The minimum Gasteiger partial charge on any atom is -0.494 e. The van der Waals surface area contributed by atoms with Gasteiger partial charge in [-0.2, -0.15) is 0 Å². The van der Waals surface area contributed by atoms with Crippen molar-refractivity contribution in [3.8, 4) is 5.75 Å². The summed E-state index contributed by atoms with van der Waals surface area (Å²) < 4.78 is 10.2. The largest absolute Gasteiger partial charge is 0.494 e. The lowest BCUT2D eigenvalue weighted by atomic mass is 10.2. The zero-order valence-electron chi connectivity index (χ0n) is 10.9. The SMILES string of the molecule is CCOc1cccc(CNC(=O)NCCOC)c1. The van der Waals surface area contributed by atoms with E-state index in [0.29, 0.717) is 26.3 Å². The number of urea groups is 1. The molecule has 0 saturated carbocycles. The van der Waals surface area contributed by atoms with E-state index in [9.17, 15) is 4.79 Å². The van der Waals surface area contributed by atoms with Gasteiger partial charge in [0, 0.05) is 20.2 Å². The summed E-state index contributed by atoms with van der Waals surface area (Å²) >= 11 is 0. The highest BCUT2D eigenvalue weighted by molar-refractivity contribution is 5.73. The molecule has 0 aromatic heterocycles. The molecule has 0 atom stereocenters. The van der Waals surface area contributed by atoms with Crippen LogP contribution < -0.4 is 15.4 Å². The van der Waals surface area contributed by atoms with Crippen molar-refractivity contribution in [2.45, 2.75) is 13.5 Å². The van der Waals surface area contributed by atoms with E-state index in [1.807, 2.05) is 31.2 Å². The van der Waals surface area contributed by atoms with E-state index < -0.39 is 0 Å². The van der Waals surface area contributed by atoms with Gasteiger partial charge >= 0.3 is 6.03 Å². The van der Waals surface area contributed by atoms with Crippen LogP contribution in [0.5, 0.6) is 5.75 Å². The molecule has 2 N–H and O–H groups in total. The van der Waals surface area contributed by atoms with E-state index in [-0.39, 0.29) is 6.03 Å². The lowest BCUT2D eigenvalue weighted by molar-refractivity contribution is 0.196. The summed E-state index contributed by atoms with van der Waals surface area (Å²) in [5, 5.41) is 5.45. The van der Waals surface area contributed by atoms with Crippen molar-refractivity contribution in [3.63, 3.8) is 0 Å². The highest BCUT2D eigenvalue weighted by atomic mass is 16.5. The molecule has 5 heteroatoms. The molecule has 0 aliphatic carbocycles. The third kappa shape index (κ3) is 5.54. The van der Waals surface area contributed by atoms with Crippen LogP contribution in [0.25, 0.3) is 0 Å². The molecular weight excluding hydrogens is 232 g/mol. The molecule has 2 amide bonds. The molecule has 0 bridgehead atoms. The van der Waals surface area contributed by atoms with Gasteiger partial charge in [0.15, 0.2) is 0 Å². The number of nitrogens with one attached hydrogen (secondary N) is 2. The second-order valence-corrected chi connectivity index (χ2v) is 3.68. The third-order valence-corrected chi connectivity index (χ3v) is 2.25. The normalized spacial score (nSPS) is 9.89. The first-order valence-corrected chi connectivity index (χ1v) is 5.98. The Kier molecular flexibility index (Phi) is 6.64. The van der Waals surface area contributed by atoms with E-state index in [0.717, 1.165) is 11.3 Å². The van der Waals surface area contributed by atoms with E-state index in [1.165, 1.54) is 0 Å². The summed E-state index contributed by atoms with van der Waals surface area (Å²) in [5.41, 5.74) is 1.00. The Labute approximate surface area is 107 Å². The van der Waals surface area contributed by atoms with Crippen LogP contribution in [0.1, 0.15) is 12.5 Å². The first-order chi connectivity index (χ1) is 8.76. The molecule has 1 rings (SSSR count). The number of rotatable bonds is 7. The number of carbonyl (C=O) groups excluding carboxylic acids is 1. The van der Waals surface area contributed by atoms with E-state index in [1.54, 1.807) is 7.11 Å². The molecule has 0 spiro atoms. The number of ether oxygens (including phenoxy) is 2. The van der Waals surface area contributed by atoms with Gasteiger partial charge in [-0.3, -0.25) is 0 Å². The topological polar surface area (TPSA) is 59.6 Å². The maximum atomic E-state index is 11.4. The smallest absolute Gasteiger partial charge is 0.315 e. The highest BCUT2D eigenvalue weighted by Crippen LogP contribution is 2.12. The van der Waals surface area contributed by atoms with Crippen molar-refractivity contribution >= 4 is 6.03 Å². The molecule has 5 nitrogen and oxygen atoms in total. The van der Waals surface area contributed by atoms with Gasteiger partial charge in [0.1, 0.15) is 5.75 Å². The average molecular weight is 252 g/mol. The fourth-order valence-corrected chi connectivity index (χ4v) is 1.42. The van der Waals surface area contributed by atoms with Crippen molar-refractivity contribution in [2.75, 3.05) is 26.9 Å². The number of benzene rings is 1. The van der Waals surface area contributed by atoms with Crippen LogP contribution in [-0.2, 0) is 11.3 Å². The molecule has 0 aliphatic rings. The van der Waals surface area contributed by atoms with Crippen molar-refractivity contribution in [3.05, 3.63) is 29.8 Å². The molecule has 0 heterocycles. The highest BCUT2D eigenvalue weighted by Gasteiger charge is 2.00. The van der Waals surface area contributed by atoms with Crippen LogP contribution >= 0.6 is 0 Å². The Balaban J connectivity index is 2.33. The fourth-order valence-electron chi connectivity index (χ4n) is 1.42. The molecule has 0 radical (unpaired) electrons. The number of hydrogen-bond donors (Lipinski definition) is 2. The first-order valence-electron chi connectivity index (χ1n) is 5.98. The Morgan fingerprint density at radius 3 is 2.89 bits per heavy atom. The zero-order valence-corrected chi connectivity index (χ0v) is 10.9. The lowest BCUT2D eigenvalue weighted by Gasteiger charge is -2.08. The van der Waals surface area contributed by atoms with Crippen molar-refractivity contribution in [2.24, 2.45) is 0 Å². The van der Waals surface area contributed by atoms with Crippen LogP contribution in [0.2, 0.25) is 0 Å². The Hall–Kier alpha value is -1.75. The molecule has 0 saturated heterocycles. The number of amides is 2. The number of methoxy groups -OCH3 is 1. The summed E-state index contributed by atoms with van der Waals surface area (Å²) in [6.07, 6.45) is 0. The zero-order chi connectivity index (χ0) is 13.2. The van der Waals surface area contributed by atoms with Gasteiger partial charge in [0.05, 0.1) is 13.2 Å². The van der Waals surface area contributed by atoms with Crippen molar-refractivity contribution in [1.82, 2.24) is 10.6 Å². The minimum atomic E-state index is -0.200. The van der Waals surface area contributed by atoms with Crippen LogP contribution in [0.4, 0.5) is 4.79 Å². The molecule has 0 fully saturated rings. The molecule has 18 heavy (non-hydrogen) atoms. The van der Waals surface area contributed by atoms with E-state index in [2.05, 4.69) is 10.6 Å². The van der Waals surface area contributed by atoms with Crippen molar-refractivity contribution in [1.29, 1.82) is 0 Å². The van der Waals surface area contributed by atoms with Gasteiger partial charge in [0.25, 0.3) is 0 Å². The van der Waals surface area contributed by atoms with E-state index >= 15 is 0 Å². The van der Waals surface area contributed by atoms with Gasteiger partial charge in [-0.1, -0.05) is 12.1 Å². The van der Waals surface area contributed by atoms with Crippen LogP contribution in [0, 0.1) is 0 Å². The van der Waals surface area contributed by atoms with E-state index in [4.69, 9.17) is 9.47 Å². The molecule has 0 unspecified atom stereocenters. The quantitative estimate of drug-likeness (QED) is 0.723. The maximum absolute atomic E-state index is 11.4. The molecule has 100 valence electrons.